The third-order valence-corrected chi connectivity index (χ3v) is 8.35. The van der Waals surface area contributed by atoms with Gasteiger partial charge < -0.3 is 9.64 Å². The Morgan fingerprint density at radius 3 is 2.29 bits per heavy atom. The summed E-state index contributed by atoms with van der Waals surface area (Å²) in [6.07, 6.45) is 4.50. The third kappa shape index (κ3) is 6.07. The van der Waals surface area contributed by atoms with Gasteiger partial charge in [0.2, 0.25) is 15.9 Å². The average Bonchev–Trinajstić information content (AvgIpc) is 2.86. The van der Waals surface area contributed by atoms with Gasteiger partial charge in [0.15, 0.2) is 0 Å². The molecule has 2 aromatic rings. The van der Waals surface area contributed by atoms with Crippen molar-refractivity contribution in [2.24, 2.45) is 5.92 Å². The fourth-order valence-electron chi connectivity index (χ4n) is 4.64. The molecule has 7 heteroatoms. The Balaban J connectivity index is 1.25. The molecule has 0 atom stereocenters. The first-order valence-corrected chi connectivity index (χ1v) is 13.6. The van der Waals surface area contributed by atoms with E-state index in [1.807, 2.05) is 35.2 Å². The van der Waals surface area contributed by atoms with Gasteiger partial charge >= 0.3 is 0 Å². The van der Waals surface area contributed by atoms with Crippen LogP contribution >= 0.6 is 0 Å². The van der Waals surface area contributed by atoms with E-state index >= 15 is 0 Å². The summed E-state index contributed by atoms with van der Waals surface area (Å²) < 4.78 is 33.1. The lowest BCUT2D eigenvalue weighted by Crippen LogP contribution is -2.47. The molecule has 2 heterocycles. The van der Waals surface area contributed by atoms with Crippen molar-refractivity contribution in [3.05, 3.63) is 70.6 Å². The van der Waals surface area contributed by atoms with E-state index in [-0.39, 0.29) is 17.9 Å². The molecule has 2 aliphatic rings. The summed E-state index contributed by atoms with van der Waals surface area (Å²) in [7, 11) is -3.49. The monoisotopic (exact) mass is 482 g/mol. The molecule has 0 radical (unpaired) electrons. The number of piperidine rings is 2. The van der Waals surface area contributed by atoms with Crippen LogP contribution in [-0.2, 0) is 14.8 Å². The Hall–Kier alpha value is -2.64. The molecule has 0 bridgehead atoms. The number of ether oxygens (including phenoxy) is 1. The number of hydrogen-bond acceptors (Lipinski definition) is 4. The molecule has 6 nitrogen and oxygen atoms in total. The summed E-state index contributed by atoms with van der Waals surface area (Å²) in [6.45, 7) is 6.24. The predicted octanol–water partition coefficient (Wildman–Crippen LogP) is 4.39. The molecule has 0 aromatic heterocycles. The molecular weight excluding hydrogens is 448 g/mol. The van der Waals surface area contributed by atoms with Crippen molar-refractivity contribution in [3.63, 3.8) is 0 Å². The van der Waals surface area contributed by atoms with E-state index in [1.54, 1.807) is 6.08 Å². The number of nitrogens with zero attached hydrogens (tertiary/aromatic N) is 2. The molecule has 2 aliphatic heterocycles. The van der Waals surface area contributed by atoms with Gasteiger partial charge in [0.05, 0.1) is 0 Å². The Kier molecular flexibility index (Phi) is 7.73. The SMILES string of the molecule is Cc1ccc(C)c(OC2CCN(C(=O)C3CCN(S(=O)(=O)/C=C/c4ccccc4)CC3)CC2)c1. The number of hydrogen-bond donors (Lipinski definition) is 0. The maximum atomic E-state index is 13.1. The molecule has 4 rings (SSSR count). The summed E-state index contributed by atoms with van der Waals surface area (Å²) in [5.41, 5.74) is 3.16. The van der Waals surface area contributed by atoms with Gasteiger partial charge in [-0.3, -0.25) is 4.79 Å². The highest BCUT2D eigenvalue weighted by Gasteiger charge is 2.34. The summed E-state index contributed by atoms with van der Waals surface area (Å²) in [5.74, 6) is 0.975. The molecule has 2 aromatic carbocycles. The highest BCUT2D eigenvalue weighted by atomic mass is 32.2. The first kappa shape index (κ1) is 24.5. The van der Waals surface area contributed by atoms with Crippen LogP contribution in [0, 0.1) is 19.8 Å². The molecule has 1 amide bonds. The van der Waals surface area contributed by atoms with Crippen molar-refractivity contribution in [1.82, 2.24) is 9.21 Å². The van der Waals surface area contributed by atoms with Crippen LogP contribution < -0.4 is 4.74 Å². The standard InChI is InChI=1S/C27H34N2O4S/c1-21-8-9-22(2)26(20-21)33-25-12-15-28(16-13-25)27(30)24-10-17-29(18-11-24)34(31,32)19-14-23-6-4-3-5-7-23/h3-9,14,19-20,24-25H,10-13,15-18H2,1-2H3/b19-14+. The number of benzene rings is 2. The van der Waals surface area contributed by atoms with Gasteiger partial charge in [-0.25, -0.2) is 8.42 Å². The van der Waals surface area contributed by atoms with Crippen LogP contribution in [0.1, 0.15) is 42.4 Å². The molecule has 2 saturated heterocycles. The van der Waals surface area contributed by atoms with Gasteiger partial charge in [0, 0.05) is 50.3 Å². The van der Waals surface area contributed by atoms with Crippen molar-refractivity contribution in [2.75, 3.05) is 26.2 Å². The zero-order valence-corrected chi connectivity index (χ0v) is 20.8. The number of likely N-dealkylation sites (tertiary alicyclic amines) is 1. The quantitative estimate of drug-likeness (QED) is 0.613. The van der Waals surface area contributed by atoms with Crippen molar-refractivity contribution >= 4 is 22.0 Å². The van der Waals surface area contributed by atoms with E-state index in [2.05, 4.69) is 32.0 Å². The summed E-state index contributed by atoms with van der Waals surface area (Å²) in [4.78, 5) is 15.0. The van der Waals surface area contributed by atoms with E-state index in [4.69, 9.17) is 4.74 Å². The lowest BCUT2D eigenvalue weighted by molar-refractivity contribution is -0.138. The zero-order valence-electron chi connectivity index (χ0n) is 20.0. The maximum absolute atomic E-state index is 13.1. The number of carbonyl (C=O) groups excluding carboxylic acids is 1. The van der Waals surface area contributed by atoms with Crippen LogP contribution in [0.25, 0.3) is 6.08 Å². The minimum absolute atomic E-state index is 0.110. The lowest BCUT2D eigenvalue weighted by atomic mass is 9.95. The fraction of sp³-hybridized carbons (Fsp3) is 0.444. The highest BCUT2D eigenvalue weighted by molar-refractivity contribution is 7.92. The zero-order chi connectivity index (χ0) is 24.1. The number of sulfonamides is 1. The normalized spacial score (nSPS) is 18.9. The number of aryl methyl sites for hydroxylation is 2. The van der Waals surface area contributed by atoms with Gasteiger partial charge in [0.25, 0.3) is 0 Å². The number of amides is 1. The molecule has 2 fully saturated rings. The Morgan fingerprint density at radius 1 is 0.941 bits per heavy atom. The van der Waals surface area contributed by atoms with Crippen molar-refractivity contribution in [1.29, 1.82) is 0 Å². The molecule has 0 spiro atoms. The van der Waals surface area contributed by atoms with Crippen molar-refractivity contribution in [3.8, 4) is 5.75 Å². The fourth-order valence-corrected chi connectivity index (χ4v) is 5.86. The van der Waals surface area contributed by atoms with Crippen LogP contribution in [0.2, 0.25) is 0 Å². The number of carbonyl (C=O) groups is 1. The largest absolute Gasteiger partial charge is 0.490 e. The van der Waals surface area contributed by atoms with Gasteiger partial charge in [-0.05, 0) is 55.5 Å². The lowest BCUT2D eigenvalue weighted by Gasteiger charge is -2.37. The Bertz CT molecular complexity index is 1110. The van der Waals surface area contributed by atoms with Crippen LogP contribution in [-0.4, -0.2) is 55.8 Å². The summed E-state index contributed by atoms with van der Waals surface area (Å²) in [5, 5.41) is 1.27. The van der Waals surface area contributed by atoms with E-state index in [0.717, 1.165) is 29.7 Å². The molecule has 34 heavy (non-hydrogen) atoms. The molecule has 182 valence electrons. The van der Waals surface area contributed by atoms with Gasteiger partial charge in [-0.2, -0.15) is 4.31 Å². The first-order valence-electron chi connectivity index (χ1n) is 12.1. The molecule has 0 saturated carbocycles. The van der Waals surface area contributed by atoms with Gasteiger partial charge in [-0.15, -0.1) is 0 Å². The highest BCUT2D eigenvalue weighted by Crippen LogP contribution is 2.27. The van der Waals surface area contributed by atoms with E-state index in [9.17, 15) is 13.2 Å². The second kappa shape index (κ2) is 10.7. The van der Waals surface area contributed by atoms with Gasteiger partial charge in [0.1, 0.15) is 11.9 Å². The topological polar surface area (TPSA) is 66.9 Å². The summed E-state index contributed by atoms with van der Waals surface area (Å²) >= 11 is 0. The first-order chi connectivity index (χ1) is 16.3. The van der Waals surface area contributed by atoms with Crippen LogP contribution in [0.4, 0.5) is 0 Å². The molecular formula is C27H34N2O4S. The minimum atomic E-state index is -3.49. The van der Waals surface area contributed by atoms with Gasteiger partial charge in [-0.1, -0.05) is 42.5 Å². The predicted molar refractivity (Wildman–Crippen MR) is 135 cm³/mol. The third-order valence-electron chi connectivity index (χ3n) is 6.79. The second-order valence-corrected chi connectivity index (χ2v) is 11.2. The van der Waals surface area contributed by atoms with Crippen LogP contribution in [0.5, 0.6) is 5.75 Å². The van der Waals surface area contributed by atoms with Crippen molar-refractivity contribution in [2.45, 2.75) is 45.6 Å². The average molecular weight is 483 g/mol. The number of rotatable bonds is 6. The Labute approximate surface area is 203 Å². The van der Waals surface area contributed by atoms with Crippen LogP contribution in [0.3, 0.4) is 0 Å². The minimum Gasteiger partial charge on any atom is -0.490 e. The van der Waals surface area contributed by atoms with Crippen molar-refractivity contribution < 1.29 is 17.9 Å². The maximum Gasteiger partial charge on any atom is 0.236 e. The molecule has 0 aliphatic carbocycles. The van der Waals surface area contributed by atoms with E-state index in [0.29, 0.717) is 39.0 Å². The second-order valence-electron chi connectivity index (χ2n) is 9.34. The van der Waals surface area contributed by atoms with Crippen LogP contribution in [0.15, 0.2) is 53.9 Å². The van der Waals surface area contributed by atoms with E-state index < -0.39 is 10.0 Å². The smallest absolute Gasteiger partial charge is 0.236 e. The molecule has 0 N–H and O–H groups in total. The van der Waals surface area contributed by atoms with E-state index in [1.165, 1.54) is 15.3 Å². The molecule has 0 unspecified atom stereocenters. The Morgan fingerprint density at radius 2 is 1.62 bits per heavy atom. The summed E-state index contributed by atoms with van der Waals surface area (Å²) in [6, 6.07) is 15.6.